The van der Waals surface area contributed by atoms with Gasteiger partial charge in [-0.3, -0.25) is 0 Å². The van der Waals surface area contributed by atoms with E-state index in [1.54, 1.807) is 0 Å². The van der Waals surface area contributed by atoms with Crippen molar-refractivity contribution in [3.63, 3.8) is 0 Å². The monoisotopic (exact) mass is 670 g/mol. The molecule has 0 saturated heterocycles. The molecule has 12 nitrogen and oxygen atoms in total. The highest BCUT2D eigenvalue weighted by atomic mass is 16.5. The summed E-state index contributed by atoms with van der Waals surface area (Å²) in [5.41, 5.74) is 2.04. The van der Waals surface area contributed by atoms with Gasteiger partial charge in [-0.1, -0.05) is 48.5 Å². The fourth-order valence-corrected chi connectivity index (χ4v) is 6.79. The highest BCUT2D eigenvalue weighted by Crippen LogP contribution is 2.60. The first-order valence-corrected chi connectivity index (χ1v) is 15.0. The Morgan fingerprint density at radius 3 is 1.04 bits per heavy atom. The molecule has 2 bridgehead atoms. The Labute approximate surface area is 281 Å². The van der Waals surface area contributed by atoms with E-state index >= 15 is 0 Å². The summed E-state index contributed by atoms with van der Waals surface area (Å²) >= 11 is 0. The van der Waals surface area contributed by atoms with Crippen molar-refractivity contribution in [2.24, 2.45) is 0 Å². The molecule has 0 aromatic heterocycles. The van der Waals surface area contributed by atoms with Crippen molar-refractivity contribution >= 4 is 35.8 Å². The third-order valence-electron chi connectivity index (χ3n) is 8.86. The van der Waals surface area contributed by atoms with Crippen molar-refractivity contribution in [1.29, 1.82) is 0 Å². The number of rotatable bonds is 8. The van der Waals surface area contributed by atoms with Crippen LogP contribution in [0.3, 0.4) is 0 Å². The minimum Gasteiger partial charge on any atom is -0.478 e. The molecule has 0 fully saturated rings. The van der Waals surface area contributed by atoms with Crippen LogP contribution in [0.1, 0.15) is 107 Å². The summed E-state index contributed by atoms with van der Waals surface area (Å²) in [6.07, 6.45) is 0. The molecule has 8 rings (SSSR count). The number of esters is 2. The van der Waals surface area contributed by atoms with E-state index < -0.39 is 69.9 Å². The van der Waals surface area contributed by atoms with Crippen LogP contribution in [0.5, 0.6) is 11.5 Å². The molecule has 50 heavy (non-hydrogen) atoms. The number of benzene rings is 5. The van der Waals surface area contributed by atoms with Gasteiger partial charge < -0.3 is 29.9 Å². The van der Waals surface area contributed by atoms with Gasteiger partial charge in [0.2, 0.25) is 0 Å². The van der Waals surface area contributed by atoms with E-state index in [1.807, 2.05) is 48.5 Å². The molecule has 5 aromatic rings. The van der Waals surface area contributed by atoms with Gasteiger partial charge in [0.25, 0.3) is 0 Å². The number of carbonyl (C=O) groups is 6. The molecule has 3 aliphatic carbocycles. The van der Waals surface area contributed by atoms with E-state index in [-0.39, 0.29) is 22.6 Å². The number of carbonyl (C=O) groups excluding carboxylic acids is 2. The average molecular weight is 671 g/mol. The summed E-state index contributed by atoms with van der Waals surface area (Å²) in [5, 5.41) is 38.0. The van der Waals surface area contributed by atoms with Gasteiger partial charge in [0.05, 0.1) is 33.4 Å². The van der Waals surface area contributed by atoms with Crippen LogP contribution in [0.4, 0.5) is 0 Å². The quantitative estimate of drug-likeness (QED) is 0.110. The number of hydrogen-bond donors (Lipinski definition) is 4. The van der Waals surface area contributed by atoms with Gasteiger partial charge >= 0.3 is 35.8 Å². The lowest BCUT2D eigenvalue weighted by molar-refractivity contribution is 0.0650. The maximum atomic E-state index is 13.5. The molecule has 0 aliphatic heterocycles. The second-order valence-electron chi connectivity index (χ2n) is 11.5. The Morgan fingerprint density at radius 1 is 0.420 bits per heavy atom. The first-order chi connectivity index (χ1) is 24.0. The van der Waals surface area contributed by atoms with Crippen LogP contribution < -0.4 is 9.47 Å². The van der Waals surface area contributed by atoms with E-state index in [0.29, 0.717) is 11.1 Å². The van der Waals surface area contributed by atoms with Crippen molar-refractivity contribution < 1.29 is 58.7 Å². The average Bonchev–Trinajstić information content (AvgIpc) is 3.11. The van der Waals surface area contributed by atoms with Gasteiger partial charge in [0, 0.05) is 23.0 Å². The summed E-state index contributed by atoms with van der Waals surface area (Å²) in [5.74, 6) is -8.79. The van der Waals surface area contributed by atoms with E-state index in [1.165, 1.54) is 12.1 Å². The molecule has 0 atom stereocenters. The van der Waals surface area contributed by atoms with Gasteiger partial charge in [-0.05, 0) is 70.8 Å². The first-order valence-electron chi connectivity index (χ1n) is 15.0. The van der Waals surface area contributed by atoms with Gasteiger partial charge in [0.1, 0.15) is 11.5 Å². The maximum absolute atomic E-state index is 13.5. The number of aromatic carboxylic acids is 4. The highest BCUT2D eigenvalue weighted by molar-refractivity contribution is 6.05. The molecule has 246 valence electrons. The number of hydrogen-bond acceptors (Lipinski definition) is 8. The third kappa shape index (κ3) is 5.02. The standard InChI is InChI=1S/C38H22O12/c39-33(40)23-11-9-17(15-25(23)35(43)44)37(47)49-27-13-14-28(50-38(48)18-10-12-24(34(41)42)26(16-18)36(45)46)32-30-20-6-2-1-5-19(20)29(31(27)32)21-7-3-4-8-22(21)30/h1-16,29-30H,(H,39,40)(H,41,42)(H,43,44)(H,45,46). The lowest BCUT2D eigenvalue weighted by Gasteiger charge is -2.43. The smallest absolute Gasteiger partial charge is 0.343 e. The Balaban J connectivity index is 1.36. The summed E-state index contributed by atoms with van der Waals surface area (Å²) in [7, 11) is 0. The Hall–Kier alpha value is -7.08. The molecule has 12 heteroatoms. The fourth-order valence-electron chi connectivity index (χ4n) is 6.79. The second kappa shape index (κ2) is 11.9. The Bertz CT molecular complexity index is 2140. The van der Waals surface area contributed by atoms with Crippen LogP contribution in [-0.2, 0) is 0 Å². The molecule has 0 saturated carbocycles. The molecular weight excluding hydrogens is 648 g/mol. The zero-order chi connectivity index (χ0) is 35.4. The largest absolute Gasteiger partial charge is 0.478 e. The normalized spacial score (nSPS) is 14.8. The summed E-state index contributed by atoms with van der Waals surface area (Å²) in [6, 6.07) is 24.3. The molecule has 0 unspecified atom stereocenters. The Kier molecular flexibility index (Phi) is 7.48. The third-order valence-corrected chi connectivity index (χ3v) is 8.86. The van der Waals surface area contributed by atoms with Gasteiger partial charge in [-0.25, -0.2) is 28.8 Å². The van der Waals surface area contributed by atoms with E-state index in [4.69, 9.17) is 9.47 Å². The van der Waals surface area contributed by atoms with Crippen LogP contribution in [0.15, 0.2) is 97.1 Å². The SMILES string of the molecule is O=C(Oc1ccc(OC(=O)c2ccc(C(=O)O)c(C(=O)O)c2)c2c1C1c3ccccc3C2c2ccccc21)c1ccc(C(=O)O)c(C(=O)O)c1. The molecular formula is C38H22O12. The minimum atomic E-state index is -1.54. The number of carboxylic acids is 4. The minimum absolute atomic E-state index is 0.0852. The Morgan fingerprint density at radius 2 is 0.740 bits per heavy atom. The lowest BCUT2D eigenvalue weighted by atomic mass is 9.60. The predicted molar refractivity (Wildman–Crippen MR) is 172 cm³/mol. The van der Waals surface area contributed by atoms with E-state index in [0.717, 1.165) is 58.7 Å². The molecule has 0 amide bonds. The van der Waals surface area contributed by atoms with Gasteiger partial charge in [-0.15, -0.1) is 0 Å². The molecule has 5 aromatic carbocycles. The summed E-state index contributed by atoms with van der Waals surface area (Å²) < 4.78 is 11.8. The van der Waals surface area contributed by atoms with Crippen molar-refractivity contribution in [1.82, 2.24) is 0 Å². The second-order valence-corrected chi connectivity index (χ2v) is 11.5. The molecule has 0 radical (unpaired) electrons. The van der Waals surface area contributed by atoms with Crippen LogP contribution in [0, 0.1) is 0 Å². The topological polar surface area (TPSA) is 202 Å². The summed E-state index contributed by atoms with van der Waals surface area (Å²) in [6.45, 7) is 0. The lowest BCUT2D eigenvalue weighted by Crippen LogP contribution is -2.29. The first kappa shape index (κ1) is 31.5. The number of carboxylic acid groups (broad SMARTS) is 4. The van der Waals surface area contributed by atoms with Crippen LogP contribution in [0.25, 0.3) is 0 Å². The van der Waals surface area contributed by atoms with E-state index in [9.17, 15) is 49.2 Å². The fraction of sp³-hybridized carbons (Fsp3) is 0.0526. The van der Waals surface area contributed by atoms with Gasteiger partial charge in [-0.2, -0.15) is 0 Å². The van der Waals surface area contributed by atoms with Crippen LogP contribution in [-0.4, -0.2) is 56.2 Å². The van der Waals surface area contributed by atoms with Crippen molar-refractivity contribution in [3.05, 3.63) is 164 Å². The summed E-state index contributed by atoms with van der Waals surface area (Å²) in [4.78, 5) is 73.7. The van der Waals surface area contributed by atoms with Crippen LogP contribution in [0.2, 0.25) is 0 Å². The van der Waals surface area contributed by atoms with Gasteiger partial charge in [0.15, 0.2) is 0 Å². The maximum Gasteiger partial charge on any atom is 0.343 e. The van der Waals surface area contributed by atoms with Crippen molar-refractivity contribution in [2.75, 3.05) is 0 Å². The van der Waals surface area contributed by atoms with Crippen molar-refractivity contribution in [3.8, 4) is 11.5 Å². The highest BCUT2D eigenvalue weighted by Gasteiger charge is 2.45. The van der Waals surface area contributed by atoms with Crippen LogP contribution >= 0.6 is 0 Å². The zero-order valence-corrected chi connectivity index (χ0v) is 25.4. The van der Waals surface area contributed by atoms with E-state index in [2.05, 4.69) is 0 Å². The molecule has 0 spiro atoms. The predicted octanol–water partition coefficient (Wildman–Crippen LogP) is 5.91. The molecule has 4 N–H and O–H groups in total. The molecule has 0 heterocycles. The van der Waals surface area contributed by atoms with Crippen molar-refractivity contribution in [2.45, 2.75) is 11.8 Å². The zero-order valence-electron chi connectivity index (χ0n) is 25.4. The number of ether oxygens (including phenoxy) is 2. The molecule has 3 aliphatic rings.